The fourth-order valence-electron chi connectivity index (χ4n) is 2.43. The lowest BCUT2D eigenvalue weighted by atomic mass is 10.1. The highest BCUT2D eigenvalue weighted by atomic mass is 127. The van der Waals surface area contributed by atoms with Crippen LogP contribution in [0.2, 0.25) is 0 Å². The third-order valence-electron chi connectivity index (χ3n) is 3.33. The second kappa shape index (κ2) is 4.86. The first-order valence-electron chi connectivity index (χ1n) is 5.95. The predicted octanol–water partition coefficient (Wildman–Crippen LogP) is 2.89. The van der Waals surface area contributed by atoms with Crippen LogP contribution in [0.1, 0.15) is 18.9 Å². The predicted molar refractivity (Wildman–Crippen MR) is 81.1 cm³/mol. The Balaban J connectivity index is 2.22. The molecule has 7 heteroatoms. The van der Waals surface area contributed by atoms with Crippen LogP contribution in [-0.4, -0.2) is 22.0 Å². The van der Waals surface area contributed by atoms with E-state index < -0.39 is 0 Å². The maximum absolute atomic E-state index is 13.7. The van der Waals surface area contributed by atoms with Gasteiger partial charge in [0.25, 0.3) is 0 Å². The van der Waals surface area contributed by atoms with Gasteiger partial charge in [-0.1, -0.05) is 0 Å². The second-order valence-corrected chi connectivity index (χ2v) is 6.08. The summed E-state index contributed by atoms with van der Waals surface area (Å²) < 4.78 is 16.4. The number of amides is 1. The van der Waals surface area contributed by atoms with Crippen LogP contribution in [0.5, 0.6) is 0 Å². The Morgan fingerprint density at radius 2 is 2.26 bits per heavy atom. The van der Waals surface area contributed by atoms with E-state index in [2.05, 4.69) is 10.3 Å². The summed E-state index contributed by atoms with van der Waals surface area (Å²) in [6, 6.07) is 2.79. The van der Waals surface area contributed by atoms with E-state index in [0.29, 0.717) is 20.4 Å². The minimum atomic E-state index is -0.352. The van der Waals surface area contributed by atoms with Crippen molar-refractivity contribution in [2.45, 2.75) is 18.9 Å². The van der Waals surface area contributed by atoms with Crippen molar-refractivity contribution < 1.29 is 9.18 Å². The summed E-state index contributed by atoms with van der Waals surface area (Å²) in [5, 5.41) is 2.82. The first-order valence-corrected chi connectivity index (χ1v) is 7.43. The van der Waals surface area contributed by atoms with E-state index in [4.69, 9.17) is 12.2 Å². The average Bonchev–Trinajstić information content (AvgIpc) is 2.66. The number of carbonyl (C=O) groups excluding carboxylic acids is 1. The summed E-state index contributed by atoms with van der Waals surface area (Å²) in [6.45, 7) is 0.692. The number of nitrogens with zero attached hydrogens (tertiary/aromatic N) is 1. The van der Waals surface area contributed by atoms with Crippen LogP contribution in [0.25, 0.3) is 11.0 Å². The molecule has 1 aliphatic rings. The SMILES string of the molecule is O=C1NCCCC1n1c(=S)[nH]c2cc(I)c(F)cc21. The topological polar surface area (TPSA) is 49.8 Å². The van der Waals surface area contributed by atoms with Gasteiger partial charge in [-0.15, -0.1) is 0 Å². The number of piperidine rings is 1. The van der Waals surface area contributed by atoms with Crippen molar-refractivity contribution in [3.8, 4) is 0 Å². The molecule has 1 amide bonds. The highest BCUT2D eigenvalue weighted by Gasteiger charge is 2.26. The molecular weight excluding hydrogens is 380 g/mol. The average molecular weight is 391 g/mol. The van der Waals surface area contributed by atoms with Crippen molar-refractivity contribution in [2.24, 2.45) is 0 Å². The van der Waals surface area contributed by atoms with Crippen LogP contribution in [0.15, 0.2) is 12.1 Å². The molecule has 0 radical (unpaired) electrons. The van der Waals surface area contributed by atoms with Crippen LogP contribution in [0.4, 0.5) is 4.39 Å². The molecule has 0 spiro atoms. The number of carbonyl (C=O) groups is 1. The molecule has 1 atom stereocenters. The summed E-state index contributed by atoms with van der Waals surface area (Å²) in [7, 11) is 0. The van der Waals surface area contributed by atoms with Gasteiger partial charge in [-0.05, 0) is 53.7 Å². The Bertz CT molecular complexity index is 724. The Morgan fingerprint density at radius 1 is 1.47 bits per heavy atom. The molecule has 0 aliphatic carbocycles. The molecule has 1 saturated heterocycles. The maximum Gasteiger partial charge on any atom is 0.243 e. The smallest absolute Gasteiger partial charge is 0.243 e. The zero-order valence-corrected chi connectivity index (χ0v) is 12.8. The van der Waals surface area contributed by atoms with Gasteiger partial charge in [-0.3, -0.25) is 4.79 Å². The molecule has 1 aromatic heterocycles. The number of rotatable bonds is 1. The lowest BCUT2D eigenvalue weighted by Crippen LogP contribution is -2.37. The van der Waals surface area contributed by atoms with Gasteiger partial charge in [-0.2, -0.15) is 0 Å². The molecule has 0 saturated carbocycles. The minimum Gasteiger partial charge on any atom is -0.354 e. The monoisotopic (exact) mass is 391 g/mol. The van der Waals surface area contributed by atoms with Crippen molar-refractivity contribution in [3.63, 3.8) is 0 Å². The summed E-state index contributed by atoms with van der Waals surface area (Å²) >= 11 is 7.21. The molecule has 19 heavy (non-hydrogen) atoms. The first-order chi connectivity index (χ1) is 9.08. The van der Waals surface area contributed by atoms with E-state index in [-0.39, 0.29) is 17.8 Å². The summed E-state index contributed by atoms with van der Waals surface area (Å²) in [6.07, 6.45) is 1.62. The number of halogens is 2. The number of fused-ring (bicyclic) bond motifs is 1. The van der Waals surface area contributed by atoms with Gasteiger partial charge in [0.05, 0.1) is 14.6 Å². The van der Waals surface area contributed by atoms with Gasteiger partial charge in [0.2, 0.25) is 5.91 Å². The van der Waals surface area contributed by atoms with Gasteiger partial charge >= 0.3 is 0 Å². The normalized spacial score (nSPS) is 19.7. The number of hydrogen-bond donors (Lipinski definition) is 2. The minimum absolute atomic E-state index is 0.0535. The lowest BCUT2D eigenvalue weighted by Gasteiger charge is -2.23. The molecule has 2 N–H and O–H groups in total. The zero-order chi connectivity index (χ0) is 13.6. The van der Waals surface area contributed by atoms with Crippen molar-refractivity contribution >= 4 is 51.7 Å². The molecule has 4 nitrogen and oxygen atoms in total. The zero-order valence-electron chi connectivity index (χ0n) is 9.87. The maximum atomic E-state index is 13.7. The van der Waals surface area contributed by atoms with Gasteiger partial charge in [0, 0.05) is 12.6 Å². The van der Waals surface area contributed by atoms with Crippen LogP contribution < -0.4 is 5.32 Å². The number of H-pyrrole nitrogens is 1. The van der Waals surface area contributed by atoms with Gasteiger partial charge in [0.15, 0.2) is 4.77 Å². The highest BCUT2D eigenvalue weighted by molar-refractivity contribution is 14.1. The largest absolute Gasteiger partial charge is 0.354 e. The summed E-state index contributed by atoms with van der Waals surface area (Å²) in [4.78, 5) is 15.0. The third kappa shape index (κ3) is 2.18. The van der Waals surface area contributed by atoms with Crippen molar-refractivity contribution in [1.82, 2.24) is 14.9 Å². The number of benzene rings is 1. The van der Waals surface area contributed by atoms with Gasteiger partial charge in [-0.25, -0.2) is 4.39 Å². The molecule has 1 aromatic carbocycles. The summed E-state index contributed by atoms with van der Waals surface area (Å²) in [5.74, 6) is -0.353. The number of nitrogens with one attached hydrogen (secondary N) is 2. The number of aromatic amines is 1. The first kappa shape index (κ1) is 13.0. The Morgan fingerprint density at radius 3 is 3.00 bits per heavy atom. The Labute approximate surface area is 127 Å². The fourth-order valence-corrected chi connectivity index (χ4v) is 3.23. The standard InChI is InChI=1S/C12H11FIN3OS/c13-6-4-10-8(5-7(6)14)16-12(19)17(10)9-2-1-3-15-11(9)18/h4-5,9H,1-3H2,(H,15,18)(H,16,19). The van der Waals surface area contributed by atoms with E-state index in [0.717, 1.165) is 18.4 Å². The quantitative estimate of drug-likeness (QED) is 0.580. The van der Waals surface area contributed by atoms with E-state index in [1.165, 1.54) is 6.07 Å². The molecule has 2 aromatic rings. The highest BCUT2D eigenvalue weighted by Crippen LogP contribution is 2.26. The molecule has 1 fully saturated rings. The van der Waals surface area contributed by atoms with E-state index in [1.807, 2.05) is 22.6 Å². The molecule has 1 unspecified atom stereocenters. The molecule has 0 bridgehead atoms. The van der Waals surface area contributed by atoms with Crippen molar-refractivity contribution in [1.29, 1.82) is 0 Å². The van der Waals surface area contributed by atoms with Crippen LogP contribution >= 0.6 is 34.8 Å². The fraction of sp³-hybridized carbons (Fsp3) is 0.333. The molecular formula is C12H11FIN3OS. The van der Waals surface area contributed by atoms with Gasteiger partial charge < -0.3 is 14.9 Å². The number of hydrogen-bond acceptors (Lipinski definition) is 2. The number of imidazole rings is 1. The molecule has 100 valence electrons. The Hall–Kier alpha value is -0.960. The van der Waals surface area contributed by atoms with E-state index in [9.17, 15) is 9.18 Å². The molecule has 2 heterocycles. The van der Waals surface area contributed by atoms with E-state index >= 15 is 0 Å². The van der Waals surface area contributed by atoms with Crippen LogP contribution in [-0.2, 0) is 4.79 Å². The Kier molecular flexibility index (Phi) is 3.34. The van der Waals surface area contributed by atoms with Gasteiger partial charge in [0.1, 0.15) is 11.9 Å². The summed E-state index contributed by atoms with van der Waals surface area (Å²) in [5.41, 5.74) is 1.40. The molecule has 1 aliphatic heterocycles. The number of aromatic nitrogens is 2. The van der Waals surface area contributed by atoms with Crippen molar-refractivity contribution in [3.05, 3.63) is 26.3 Å². The van der Waals surface area contributed by atoms with E-state index in [1.54, 1.807) is 10.6 Å². The third-order valence-corrected chi connectivity index (χ3v) is 4.45. The lowest BCUT2D eigenvalue weighted by molar-refractivity contribution is -0.125. The molecule has 3 rings (SSSR count). The van der Waals surface area contributed by atoms with Crippen LogP contribution in [0.3, 0.4) is 0 Å². The van der Waals surface area contributed by atoms with Crippen LogP contribution in [0, 0.1) is 14.2 Å². The van der Waals surface area contributed by atoms with Crippen molar-refractivity contribution in [2.75, 3.05) is 6.54 Å². The second-order valence-electron chi connectivity index (χ2n) is 4.53.